The highest BCUT2D eigenvalue weighted by Crippen LogP contribution is 2.37. The van der Waals surface area contributed by atoms with Crippen LogP contribution in [0.1, 0.15) is 24.4 Å². The van der Waals surface area contributed by atoms with Crippen molar-refractivity contribution in [2.75, 3.05) is 16.8 Å². The zero-order valence-corrected chi connectivity index (χ0v) is 15.4. The van der Waals surface area contributed by atoms with E-state index < -0.39 is 11.6 Å². The number of fused-ring (bicyclic) bond motifs is 1. The molecule has 4 aromatic rings. The Balaban J connectivity index is 1.44. The Morgan fingerprint density at radius 3 is 2.86 bits per heavy atom. The summed E-state index contributed by atoms with van der Waals surface area (Å²) in [5.41, 5.74) is 1.41. The first-order chi connectivity index (χ1) is 14.2. The van der Waals surface area contributed by atoms with Crippen LogP contribution in [0.5, 0.6) is 0 Å². The summed E-state index contributed by atoms with van der Waals surface area (Å²) in [5, 5.41) is 11.5. The van der Waals surface area contributed by atoms with Crippen LogP contribution in [0.3, 0.4) is 0 Å². The number of halogens is 2. The number of aromatic amines is 1. The van der Waals surface area contributed by atoms with Gasteiger partial charge >= 0.3 is 0 Å². The number of H-pyrrole nitrogens is 1. The van der Waals surface area contributed by atoms with E-state index in [9.17, 15) is 8.78 Å². The first-order valence-electron chi connectivity index (χ1n) is 9.43. The van der Waals surface area contributed by atoms with Gasteiger partial charge in [-0.25, -0.2) is 18.7 Å². The number of hydrogen-bond acceptors (Lipinski definition) is 5. The molecule has 0 aliphatic carbocycles. The molecule has 0 bridgehead atoms. The third kappa shape index (κ3) is 3.26. The zero-order chi connectivity index (χ0) is 19.8. The van der Waals surface area contributed by atoms with E-state index in [0.29, 0.717) is 23.0 Å². The molecule has 29 heavy (non-hydrogen) atoms. The van der Waals surface area contributed by atoms with Crippen LogP contribution in [0.15, 0.2) is 54.9 Å². The largest absolute Gasteiger partial charge is 0.349 e. The third-order valence-corrected chi connectivity index (χ3v) is 5.24. The lowest BCUT2D eigenvalue weighted by Crippen LogP contribution is -2.24. The zero-order valence-electron chi connectivity index (χ0n) is 15.4. The molecule has 2 aromatic carbocycles. The maximum Gasteiger partial charge on any atom is 0.161 e. The second kappa shape index (κ2) is 7.12. The van der Waals surface area contributed by atoms with E-state index in [1.165, 1.54) is 18.5 Å². The van der Waals surface area contributed by atoms with Crippen molar-refractivity contribution in [2.24, 2.45) is 0 Å². The summed E-state index contributed by atoms with van der Waals surface area (Å²) in [6.45, 7) is 0.739. The molecule has 1 aliphatic rings. The molecule has 0 spiro atoms. The van der Waals surface area contributed by atoms with Crippen molar-refractivity contribution in [1.82, 2.24) is 20.2 Å². The van der Waals surface area contributed by atoms with Gasteiger partial charge in [-0.2, -0.15) is 5.10 Å². The van der Waals surface area contributed by atoms with E-state index in [-0.39, 0.29) is 6.04 Å². The number of anilines is 3. The van der Waals surface area contributed by atoms with Crippen LogP contribution in [0, 0.1) is 11.6 Å². The van der Waals surface area contributed by atoms with Gasteiger partial charge in [0.15, 0.2) is 5.82 Å². The number of para-hydroxylation sites is 1. The Labute approximate surface area is 165 Å². The molecule has 6 nitrogen and oxygen atoms in total. The first kappa shape index (κ1) is 17.5. The van der Waals surface area contributed by atoms with Crippen molar-refractivity contribution < 1.29 is 8.78 Å². The van der Waals surface area contributed by atoms with E-state index in [1.807, 2.05) is 35.2 Å². The van der Waals surface area contributed by atoms with Gasteiger partial charge in [0, 0.05) is 29.6 Å². The van der Waals surface area contributed by atoms with E-state index in [0.717, 1.165) is 36.4 Å². The molecule has 0 amide bonds. The van der Waals surface area contributed by atoms with E-state index in [2.05, 4.69) is 25.5 Å². The smallest absolute Gasteiger partial charge is 0.161 e. The summed E-state index contributed by atoms with van der Waals surface area (Å²) >= 11 is 0. The number of nitrogens with zero attached hydrogens (tertiary/aromatic N) is 4. The van der Waals surface area contributed by atoms with Crippen LogP contribution < -0.4 is 10.2 Å². The molecule has 1 fully saturated rings. The fourth-order valence-corrected chi connectivity index (χ4v) is 3.89. The minimum Gasteiger partial charge on any atom is -0.349 e. The lowest BCUT2D eigenvalue weighted by atomic mass is 10.0. The maximum absolute atomic E-state index is 14.3. The molecule has 1 unspecified atom stereocenters. The van der Waals surface area contributed by atoms with Gasteiger partial charge in [0.2, 0.25) is 0 Å². The fourth-order valence-electron chi connectivity index (χ4n) is 3.89. The van der Waals surface area contributed by atoms with Crippen LogP contribution in [0.4, 0.5) is 26.2 Å². The van der Waals surface area contributed by atoms with Gasteiger partial charge < -0.3 is 10.2 Å². The molecule has 2 aromatic heterocycles. The van der Waals surface area contributed by atoms with Gasteiger partial charge in [-0.15, -0.1) is 0 Å². The molecule has 146 valence electrons. The Morgan fingerprint density at radius 2 is 1.97 bits per heavy atom. The molecule has 3 heterocycles. The molecular formula is C21H18F2N6. The van der Waals surface area contributed by atoms with Crippen LogP contribution in [-0.4, -0.2) is 26.7 Å². The predicted molar refractivity (Wildman–Crippen MR) is 107 cm³/mol. The highest BCUT2D eigenvalue weighted by Gasteiger charge is 2.29. The Kier molecular flexibility index (Phi) is 4.31. The Bertz CT molecular complexity index is 1170. The average Bonchev–Trinajstić information content (AvgIpc) is 3.36. The molecular weight excluding hydrogens is 374 g/mol. The van der Waals surface area contributed by atoms with Gasteiger partial charge in [0.1, 0.15) is 29.6 Å². The molecule has 0 saturated carbocycles. The fraction of sp³-hybridized carbons (Fsp3) is 0.190. The maximum atomic E-state index is 14.3. The molecule has 0 radical (unpaired) electrons. The van der Waals surface area contributed by atoms with Crippen molar-refractivity contribution in [3.05, 3.63) is 72.1 Å². The normalized spacial score (nSPS) is 16.5. The van der Waals surface area contributed by atoms with Crippen molar-refractivity contribution in [2.45, 2.75) is 18.9 Å². The number of hydrogen-bond donors (Lipinski definition) is 2. The molecule has 1 atom stereocenters. The van der Waals surface area contributed by atoms with Crippen LogP contribution in [0.25, 0.3) is 10.9 Å². The quantitative estimate of drug-likeness (QED) is 0.526. The highest BCUT2D eigenvalue weighted by atomic mass is 19.1. The van der Waals surface area contributed by atoms with Crippen molar-refractivity contribution in [1.29, 1.82) is 0 Å². The Morgan fingerprint density at radius 1 is 1.07 bits per heavy atom. The highest BCUT2D eigenvalue weighted by molar-refractivity contribution is 5.91. The second-order valence-electron chi connectivity index (χ2n) is 7.02. The van der Waals surface area contributed by atoms with Gasteiger partial charge in [-0.05, 0) is 31.0 Å². The van der Waals surface area contributed by atoms with Crippen LogP contribution >= 0.6 is 0 Å². The summed E-state index contributed by atoms with van der Waals surface area (Å²) < 4.78 is 27.7. The van der Waals surface area contributed by atoms with Crippen molar-refractivity contribution >= 4 is 28.4 Å². The monoisotopic (exact) mass is 392 g/mol. The van der Waals surface area contributed by atoms with Gasteiger partial charge in [0.05, 0.1) is 11.6 Å². The molecule has 1 saturated heterocycles. The summed E-state index contributed by atoms with van der Waals surface area (Å²) in [6, 6.07) is 13.2. The van der Waals surface area contributed by atoms with Crippen LogP contribution in [0.2, 0.25) is 0 Å². The van der Waals surface area contributed by atoms with Gasteiger partial charge in [0.25, 0.3) is 0 Å². The van der Waals surface area contributed by atoms with E-state index >= 15 is 0 Å². The summed E-state index contributed by atoms with van der Waals surface area (Å²) in [6.07, 6.45) is 3.15. The van der Waals surface area contributed by atoms with Gasteiger partial charge in [-0.3, -0.25) is 5.10 Å². The molecule has 8 heteroatoms. The summed E-state index contributed by atoms with van der Waals surface area (Å²) in [7, 11) is 0. The average molecular weight is 392 g/mol. The van der Waals surface area contributed by atoms with E-state index in [1.54, 1.807) is 0 Å². The lowest BCUT2D eigenvalue weighted by molar-refractivity contribution is 0.553. The second-order valence-corrected chi connectivity index (χ2v) is 7.02. The summed E-state index contributed by atoms with van der Waals surface area (Å²) in [4.78, 5) is 10.7. The minimum absolute atomic E-state index is 0.190. The number of nitrogens with one attached hydrogen (secondary N) is 2. The van der Waals surface area contributed by atoms with Crippen molar-refractivity contribution in [3.63, 3.8) is 0 Å². The Hall–Kier alpha value is -3.55. The predicted octanol–water partition coefficient (Wildman–Crippen LogP) is 4.72. The molecule has 2 N–H and O–H groups in total. The topological polar surface area (TPSA) is 69.7 Å². The summed E-state index contributed by atoms with van der Waals surface area (Å²) in [5.74, 6) is 0.853. The third-order valence-electron chi connectivity index (χ3n) is 5.24. The van der Waals surface area contributed by atoms with Crippen molar-refractivity contribution in [3.8, 4) is 0 Å². The standard InChI is InChI=1S/C21H18F2N6/c22-13-7-8-14(16(23)10-13)18-6-3-9-29(18)20-11-19(24-12-25-20)26-21-15-4-1-2-5-17(15)27-28-21/h1-2,4-5,7-8,10-12,18H,3,6,9H2,(H2,24,25,26,27,28). The number of aromatic nitrogens is 4. The minimum atomic E-state index is -0.574. The lowest BCUT2D eigenvalue weighted by Gasteiger charge is -2.26. The first-order valence-corrected chi connectivity index (χ1v) is 9.43. The van der Waals surface area contributed by atoms with Crippen LogP contribution in [-0.2, 0) is 0 Å². The molecule has 1 aliphatic heterocycles. The number of benzene rings is 2. The van der Waals surface area contributed by atoms with Gasteiger partial charge in [-0.1, -0.05) is 18.2 Å². The van der Waals surface area contributed by atoms with E-state index in [4.69, 9.17) is 0 Å². The SMILES string of the molecule is Fc1ccc(C2CCCN2c2cc(Nc3n[nH]c4ccccc34)ncn2)c(F)c1. The number of rotatable bonds is 4. The molecule has 5 rings (SSSR count).